The highest BCUT2D eigenvalue weighted by Gasteiger charge is 2.51. The quantitative estimate of drug-likeness (QED) is 0.281. The zero-order valence-electron chi connectivity index (χ0n) is 21.7. The Balaban J connectivity index is 1.42. The molecular weight excluding hydrogens is 496 g/mol. The van der Waals surface area contributed by atoms with Gasteiger partial charge in [-0.2, -0.15) is 0 Å². The molecule has 39 heavy (non-hydrogen) atoms. The summed E-state index contributed by atoms with van der Waals surface area (Å²) in [5.41, 5.74) is 2.82. The van der Waals surface area contributed by atoms with Crippen LogP contribution in [-0.2, 0) is 48.3 Å². The van der Waals surface area contributed by atoms with E-state index in [-0.39, 0.29) is 19.8 Å². The molecule has 1 fully saturated rings. The minimum atomic E-state index is -1.31. The predicted molar refractivity (Wildman–Crippen MR) is 146 cm³/mol. The Morgan fingerprint density at radius 3 is 1.82 bits per heavy atom. The van der Waals surface area contributed by atoms with Gasteiger partial charge >= 0.3 is 5.97 Å². The summed E-state index contributed by atoms with van der Waals surface area (Å²) in [6, 6.07) is 33.5. The normalized spacial score (nSPS) is 23.1. The summed E-state index contributed by atoms with van der Waals surface area (Å²) in [7, 11) is 1.47. The van der Waals surface area contributed by atoms with Crippen molar-refractivity contribution in [1.82, 2.24) is 0 Å². The van der Waals surface area contributed by atoms with Crippen LogP contribution < -0.4 is 0 Å². The van der Waals surface area contributed by atoms with Crippen LogP contribution in [0.15, 0.2) is 103 Å². The third-order valence-corrected chi connectivity index (χ3v) is 6.80. The van der Waals surface area contributed by atoms with Gasteiger partial charge in [0.25, 0.3) is 0 Å². The van der Waals surface area contributed by atoms with Crippen molar-refractivity contribution in [1.29, 1.82) is 0 Å². The van der Waals surface area contributed by atoms with Crippen LogP contribution in [0, 0.1) is 0 Å². The summed E-state index contributed by atoms with van der Waals surface area (Å²) < 4.78 is 30.4. The summed E-state index contributed by atoms with van der Waals surface area (Å²) in [6.45, 7) is 0.696. The van der Waals surface area contributed by atoms with E-state index in [1.54, 1.807) is 0 Å². The van der Waals surface area contributed by atoms with Gasteiger partial charge in [0.05, 0.1) is 19.8 Å². The van der Waals surface area contributed by atoms with Gasteiger partial charge in [-0.05, 0) is 33.5 Å². The van der Waals surface area contributed by atoms with E-state index in [4.69, 9.17) is 23.7 Å². The molecule has 0 bridgehead atoms. The lowest BCUT2D eigenvalue weighted by molar-refractivity contribution is -0.314. The summed E-state index contributed by atoms with van der Waals surface area (Å²) in [6.07, 6.45) is -4.75. The van der Waals surface area contributed by atoms with Gasteiger partial charge in [0, 0.05) is 7.11 Å². The molecule has 4 aromatic rings. The number of hydrogen-bond acceptors (Lipinski definition) is 6. The van der Waals surface area contributed by atoms with Crippen LogP contribution in [0.1, 0.15) is 16.7 Å². The minimum absolute atomic E-state index is 0.177. The number of methoxy groups -OCH3 is 1. The van der Waals surface area contributed by atoms with Crippen molar-refractivity contribution in [3.8, 4) is 0 Å². The Morgan fingerprint density at radius 2 is 1.21 bits per heavy atom. The number of hydrogen-bond donors (Lipinski definition) is 1. The summed E-state index contributed by atoms with van der Waals surface area (Å²) >= 11 is 0. The van der Waals surface area contributed by atoms with Crippen LogP contribution in [0.4, 0.5) is 0 Å². The predicted octanol–water partition coefficient (Wildman–Crippen LogP) is 5.35. The fourth-order valence-electron chi connectivity index (χ4n) is 4.80. The molecule has 0 saturated carbocycles. The van der Waals surface area contributed by atoms with Gasteiger partial charge in [0.1, 0.15) is 18.3 Å². The van der Waals surface area contributed by atoms with Crippen molar-refractivity contribution in [2.45, 2.75) is 50.5 Å². The van der Waals surface area contributed by atoms with Gasteiger partial charge in [-0.15, -0.1) is 0 Å². The number of ether oxygens (including phenoxy) is 5. The Bertz CT molecular complexity index is 1340. The molecule has 1 N–H and O–H groups in total. The second-order valence-electron chi connectivity index (χ2n) is 9.48. The third kappa shape index (κ3) is 6.71. The zero-order chi connectivity index (χ0) is 27.0. The van der Waals surface area contributed by atoms with E-state index in [0.717, 1.165) is 27.5 Å². The highest BCUT2D eigenvalue weighted by atomic mass is 16.7. The topological polar surface area (TPSA) is 83.5 Å². The maximum atomic E-state index is 12.4. The van der Waals surface area contributed by atoms with E-state index in [2.05, 4.69) is 0 Å². The van der Waals surface area contributed by atoms with Crippen LogP contribution in [0.25, 0.3) is 10.8 Å². The minimum Gasteiger partial charge on any atom is -0.479 e. The number of carboxylic acid groups (broad SMARTS) is 1. The monoisotopic (exact) mass is 528 g/mol. The molecular formula is C32H32O7. The van der Waals surface area contributed by atoms with Crippen molar-refractivity contribution < 1.29 is 33.6 Å². The molecule has 7 nitrogen and oxygen atoms in total. The zero-order valence-corrected chi connectivity index (χ0v) is 21.7. The molecule has 4 aromatic carbocycles. The average Bonchev–Trinajstić information content (AvgIpc) is 2.98. The molecule has 0 aliphatic carbocycles. The van der Waals surface area contributed by atoms with Gasteiger partial charge in [-0.1, -0.05) is 97.1 Å². The largest absolute Gasteiger partial charge is 0.479 e. The Labute approximate surface area is 227 Å². The smallest absolute Gasteiger partial charge is 0.335 e. The first-order valence-corrected chi connectivity index (χ1v) is 12.9. The van der Waals surface area contributed by atoms with Crippen molar-refractivity contribution in [3.63, 3.8) is 0 Å². The molecule has 7 heteroatoms. The van der Waals surface area contributed by atoms with E-state index in [0.29, 0.717) is 0 Å². The summed E-state index contributed by atoms with van der Waals surface area (Å²) in [5, 5.41) is 12.3. The van der Waals surface area contributed by atoms with Crippen molar-refractivity contribution >= 4 is 16.7 Å². The van der Waals surface area contributed by atoms with Gasteiger partial charge < -0.3 is 28.8 Å². The summed E-state index contributed by atoms with van der Waals surface area (Å²) in [5.74, 6) is -1.16. The average molecular weight is 529 g/mol. The Hall–Kier alpha value is -3.59. The van der Waals surface area contributed by atoms with Crippen LogP contribution in [0.2, 0.25) is 0 Å². The number of aliphatic carboxylic acids is 1. The second-order valence-corrected chi connectivity index (χ2v) is 9.48. The Morgan fingerprint density at radius 1 is 0.667 bits per heavy atom. The van der Waals surface area contributed by atoms with E-state index in [1.165, 1.54) is 7.11 Å². The van der Waals surface area contributed by atoms with E-state index < -0.39 is 36.7 Å². The van der Waals surface area contributed by atoms with E-state index >= 15 is 0 Å². The summed E-state index contributed by atoms with van der Waals surface area (Å²) in [4.78, 5) is 12.4. The molecule has 0 radical (unpaired) electrons. The van der Waals surface area contributed by atoms with Crippen LogP contribution >= 0.6 is 0 Å². The molecule has 5 rings (SSSR count). The van der Waals surface area contributed by atoms with Crippen LogP contribution in [0.5, 0.6) is 0 Å². The van der Waals surface area contributed by atoms with Gasteiger partial charge in [0.2, 0.25) is 0 Å². The van der Waals surface area contributed by atoms with Crippen molar-refractivity contribution in [3.05, 3.63) is 120 Å². The molecule has 1 heterocycles. The first-order chi connectivity index (χ1) is 19.1. The lowest BCUT2D eigenvalue weighted by Gasteiger charge is -2.44. The van der Waals surface area contributed by atoms with E-state index in [9.17, 15) is 9.90 Å². The van der Waals surface area contributed by atoms with Crippen molar-refractivity contribution in [2.24, 2.45) is 0 Å². The highest BCUT2D eigenvalue weighted by Crippen LogP contribution is 2.31. The Kier molecular flexibility index (Phi) is 8.98. The number of benzene rings is 4. The SMILES string of the molecule is COC1OC(C(=O)O)C(OCc2ccc3ccccc3c2)C(OCc2ccccc2)C1OCc1ccccc1. The fourth-order valence-corrected chi connectivity index (χ4v) is 4.80. The van der Waals surface area contributed by atoms with Gasteiger partial charge in [-0.25, -0.2) is 4.79 Å². The molecule has 0 spiro atoms. The molecule has 5 unspecified atom stereocenters. The van der Waals surface area contributed by atoms with Crippen LogP contribution in [0.3, 0.4) is 0 Å². The van der Waals surface area contributed by atoms with Crippen LogP contribution in [-0.4, -0.2) is 48.9 Å². The lowest BCUT2D eigenvalue weighted by Crippen LogP contribution is -2.62. The number of carbonyl (C=O) groups is 1. The highest BCUT2D eigenvalue weighted by molar-refractivity contribution is 5.83. The molecule has 5 atom stereocenters. The second kappa shape index (κ2) is 13.0. The molecule has 202 valence electrons. The molecule has 0 amide bonds. The maximum absolute atomic E-state index is 12.4. The molecule has 0 aromatic heterocycles. The third-order valence-electron chi connectivity index (χ3n) is 6.80. The standard InChI is InChI=1S/C32H32O7/c1-35-32-30(38-20-23-12-6-3-7-13-23)28(36-19-22-10-4-2-5-11-22)27(29(39-32)31(33)34)37-21-24-16-17-25-14-8-9-15-26(25)18-24/h2-18,27-30,32H,19-21H2,1H3,(H,33,34). The van der Waals surface area contributed by atoms with Gasteiger partial charge in [-0.3, -0.25) is 0 Å². The number of fused-ring (bicyclic) bond motifs is 1. The lowest BCUT2D eigenvalue weighted by atomic mass is 9.97. The first kappa shape index (κ1) is 27.0. The fraction of sp³-hybridized carbons (Fsp3) is 0.281. The first-order valence-electron chi connectivity index (χ1n) is 12.9. The number of rotatable bonds is 11. The number of carboxylic acids is 1. The van der Waals surface area contributed by atoms with Gasteiger partial charge in [0.15, 0.2) is 12.4 Å². The maximum Gasteiger partial charge on any atom is 0.335 e. The molecule has 1 aliphatic rings. The molecule has 1 saturated heterocycles. The van der Waals surface area contributed by atoms with E-state index in [1.807, 2.05) is 103 Å². The van der Waals surface area contributed by atoms with Crippen molar-refractivity contribution in [2.75, 3.05) is 7.11 Å². The molecule has 1 aliphatic heterocycles.